The van der Waals surface area contributed by atoms with Crippen molar-refractivity contribution in [1.29, 1.82) is 0 Å². The highest BCUT2D eigenvalue weighted by atomic mass is 16.2. The van der Waals surface area contributed by atoms with Gasteiger partial charge in [0.2, 0.25) is 17.8 Å². The number of piperazine rings is 1. The van der Waals surface area contributed by atoms with Gasteiger partial charge in [0.05, 0.1) is 0 Å². The number of benzene rings is 1. The Morgan fingerprint density at radius 2 is 1.82 bits per heavy atom. The van der Waals surface area contributed by atoms with Gasteiger partial charge in [0.15, 0.2) is 5.82 Å². The maximum absolute atomic E-state index is 11.9. The Bertz CT molecular complexity index is 1040. The maximum Gasteiger partial charge on any atom is 0.321 e. The molecule has 4 rings (SSSR count). The second kappa shape index (κ2) is 9.72. The third-order valence-electron chi connectivity index (χ3n) is 5.37. The molecule has 174 valence electrons. The lowest BCUT2D eigenvalue weighted by atomic mass is 10.2. The van der Waals surface area contributed by atoms with Crippen molar-refractivity contribution in [3.05, 3.63) is 36.0 Å². The van der Waals surface area contributed by atoms with Crippen LogP contribution in [0.3, 0.4) is 0 Å². The number of carbonyl (C=O) groups excluding carboxylic acids is 2. The van der Waals surface area contributed by atoms with Crippen LogP contribution in [0.4, 0.5) is 27.9 Å². The lowest BCUT2D eigenvalue weighted by Gasteiger charge is -2.35. The summed E-state index contributed by atoms with van der Waals surface area (Å²) in [5, 5.41) is 11.7. The van der Waals surface area contributed by atoms with Crippen molar-refractivity contribution in [2.75, 3.05) is 36.4 Å². The Morgan fingerprint density at radius 3 is 2.48 bits per heavy atom. The highest BCUT2D eigenvalue weighted by molar-refractivity contribution is 5.98. The number of aromatic nitrogens is 2. The van der Waals surface area contributed by atoms with Gasteiger partial charge in [0.25, 0.3) is 0 Å². The molecular weight excluding hydrogens is 422 g/mol. The molecule has 3 amide bonds. The van der Waals surface area contributed by atoms with Gasteiger partial charge >= 0.3 is 6.03 Å². The molecule has 1 saturated heterocycles. The molecule has 2 aromatic rings. The van der Waals surface area contributed by atoms with Crippen molar-refractivity contribution in [1.82, 2.24) is 30.8 Å². The number of rotatable bonds is 4. The topological polar surface area (TPSA) is 127 Å². The van der Waals surface area contributed by atoms with Gasteiger partial charge in [0, 0.05) is 68.8 Å². The quantitative estimate of drug-likeness (QED) is 0.557. The fourth-order valence-corrected chi connectivity index (χ4v) is 3.65. The number of nitrogens with one attached hydrogen (secondary N) is 4. The molecular formula is C22H29N9O2. The number of amides is 3. The van der Waals surface area contributed by atoms with Crippen LogP contribution in [0, 0.1) is 0 Å². The van der Waals surface area contributed by atoms with Gasteiger partial charge in [-0.3, -0.25) is 10.1 Å². The molecule has 0 unspecified atom stereocenters. The largest absolute Gasteiger partial charge is 0.368 e. The molecule has 1 aromatic carbocycles. The first-order valence-corrected chi connectivity index (χ1v) is 11.0. The third kappa shape index (κ3) is 5.68. The summed E-state index contributed by atoms with van der Waals surface area (Å²) in [6.45, 7) is 8.97. The van der Waals surface area contributed by atoms with Gasteiger partial charge in [-0.2, -0.15) is 9.98 Å². The normalized spacial score (nSPS) is 15.3. The summed E-state index contributed by atoms with van der Waals surface area (Å²) >= 11 is 0. The van der Waals surface area contributed by atoms with Crippen molar-refractivity contribution >= 4 is 41.0 Å². The maximum atomic E-state index is 11.9. The average Bonchev–Trinajstić information content (AvgIpc) is 2.79. The van der Waals surface area contributed by atoms with Crippen LogP contribution in [0.5, 0.6) is 0 Å². The molecule has 0 spiro atoms. The SMILES string of the molecule is CC(=O)N1CCN(c2ccc(Nc3ncc4c(n3)N=C(NC(=O)NC(C)C)NC4)cc2)CC1. The van der Waals surface area contributed by atoms with E-state index in [1.807, 2.05) is 43.0 Å². The van der Waals surface area contributed by atoms with Gasteiger partial charge in [-0.05, 0) is 38.1 Å². The number of hydrogen-bond acceptors (Lipinski definition) is 8. The number of hydrogen-bond donors (Lipinski definition) is 4. The van der Waals surface area contributed by atoms with Crippen LogP contribution in [0.2, 0.25) is 0 Å². The molecule has 11 nitrogen and oxygen atoms in total. The van der Waals surface area contributed by atoms with Crippen molar-refractivity contribution in [3.63, 3.8) is 0 Å². The van der Waals surface area contributed by atoms with Crippen LogP contribution >= 0.6 is 0 Å². The number of guanidine groups is 1. The zero-order valence-corrected chi connectivity index (χ0v) is 19.1. The number of aliphatic imine (C=N–C) groups is 1. The van der Waals surface area contributed by atoms with Gasteiger partial charge in [-0.1, -0.05) is 0 Å². The average molecular weight is 452 g/mol. The van der Waals surface area contributed by atoms with Crippen LogP contribution < -0.4 is 26.2 Å². The van der Waals surface area contributed by atoms with Gasteiger partial charge in [-0.15, -0.1) is 0 Å². The van der Waals surface area contributed by atoms with Crippen LogP contribution in [0.15, 0.2) is 35.5 Å². The predicted molar refractivity (Wildman–Crippen MR) is 127 cm³/mol. The molecule has 0 bridgehead atoms. The fraction of sp³-hybridized carbons (Fsp3) is 0.409. The molecule has 0 saturated carbocycles. The minimum Gasteiger partial charge on any atom is -0.368 e. The number of carbonyl (C=O) groups is 2. The van der Waals surface area contributed by atoms with Crippen LogP contribution in [0.1, 0.15) is 26.3 Å². The molecule has 0 aliphatic carbocycles. The summed E-state index contributed by atoms with van der Waals surface area (Å²) < 4.78 is 0. The van der Waals surface area contributed by atoms with E-state index < -0.39 is 0 Å². The highest BCUT2D eigenvalue weighted by Crippen LogP contribution is 2.24. The van der Waals surface area contributed by atoms with E-state index in [-0.39, 0.29) is 18.0 Å². The lowest BCUT2D eigenvalue weighted by Crippen LogP contribution is -2.48. The summed E-state index contributed by atoms with van der Waals surface area (Å²) in [4.78, 5) is 40.8. The van der Waals surface area contributed by atoms with Gasteiger partial charge < -0.3 is 25.8 Å². The molecule has 4 N–H and O–H groups in total. The summed E-state index contributed by atoms with van der Waals surface area (Å²) in [6.07, 6.45) is 1.72. The first-order chi connectivity index (χ1) is 15.9. The Kier molecular flexibility index (Phi) is 6.57. The van der Waals surface area contributed by atoms with Crippen molar-refractivity contribution in [2.45, 2.75) is 33.4 Å². The highest BCUT2D eigenvalue weighted by Gasteiger charge is 2.19. The van der Waals surface area contributed by atoms with E-state index >= 15 is 0 Å². The van der Waals surface area contributed by atoms with Crippen LogP contribution in [-0.2, 0) is 11.3 Å². The Balaban J connectivity index is 1.39. The fourth-order valence-electron chi connectivity index (χ4n) is 3.65. The third-order valence-corrected chi connectivity index (χ3v) is 5.37. The van der Waals surface area contributed by atoms with Crippen molar-refractivity contribution in [3.8, 4) is 0 Å². The second-order valence-electron chi connectivity index (χ2n) is 8.27. The molecule has 2 aliphatic heterocycles. The summed E-state index contributed by atoms with van der Waals surface area (Å²) in [7, 11) is 0. The van der Waals surface area contributed by atoms with Crippen LogP contribution in [0.25, 0.3) is 0 Å². The lowest BCUT2D eigenvalue weighted by molar-refractivity contribution is -0.129. The summed E-state index contributed by atoms with van der Waals surface area (Å²) in [5.41, 5.74) is 2.81. The Hall–Kier alpha value is -3.89. The smallest absolute Gasteiger partial charge is 0.321 e. The molecule has 0 atom stereocenters. The minimum absolute atomic E-state index is 0.0242. The number of urea groups is 1. The molecule has 0 radical (unpaired) electrons. The zero-order chi connectivity index (χ0) is 23.4. The molecule has 1 fully saturated rings. The van der Waals surface area contributed by atoms with E-state index in [1.165, 1.54) is 0 Å². The van der Waals surface area contributed by atoms with Crippen LogP contribution in [-0.4, -0.2) is 65.0 Å². The Morgan fingerprint density at radius 1 is 1.09 bits per heavy atom. The molecule has 1 aromatic heterocycles. The van der Waals surface area contributed by atoms with E-state index in [1.54, 1.807) is 13.1 Å². The Labute approximate surface area is 192 Å². The molecule has 3 heterocycles. The van der Waals surface area contributed by atoms with E-state index in [0.717, 1.165) is 43.1 Å². The van der Waals surface area contributed by atoms with E-state index in [2.05, 4.69) is 41.1 Å². The zero-order valence-electron chi connectivity index (χ0n) is 19.1. The van der Waals surface area contributed by atoms with E-state index in [9.17, 15) is 9.59 Å². The van der Waals surface area contributed by atoms with Gasteiger partial charge in [0.1, 0.15) is 0 Å². The van der Waals surface area contributed by atoms with E-state index in [4.69, 9.17) is 0 Å². The summed E-state index contributed by atoms with van der Waals surface area (Å²) in [6, 6.07) is 7.74. The van der Waals surface area contributed by atoms with E-state index in [0.29, 0.717) is 24.3 Å². The number of anilines is 3. The standard InChI is InChI=1S/C22H29N9O2/c1-14(2)25-22(33)29-21-24-13-16-12-23-20(27-19(16)28-21)26-17-4-6-18(7-5-17)31-10-8-30(9-11-31)15(3)32/h4-7,12,14H,8-11,13H2,1-3H3,(H4,23,24,25,26,27,28,29,33). The first-order valence-electron chi connectivity index (χ1n) is 11.0. The summed E-state index contributed by atoms with van der Waals surface area (Å²) in [5.74, 6) is 1.40. The second-order valence-corrected chi connectivity index (χ2v) is 8.27. The van der Waals surface area contributed by atoms with Gasteiger partial charge in [-0.25, -0.2) is 9.78 Å². The number of nitrogens with zero attached hydrogens (tertiary/aromatic N) is 5. The first kappa shape index (κ1) is 22.3. The van der Waals surface area contributed by atoms with Crippen molar-refractivity contribution in [2.24, 2.45) is 4.99 Å². The molecule has 2 aliphatic rings. The predicted octanol–water partition coefficient (Wildman–Crippen LogP) is 1.69. The molecule has 11 heteroatoms. The molecule has 33 heavy (non-hydrogen) atoms. The minimum atomic E-state index is -0.324. The van der Waals surface area contributed by atoms with Crippen molar-refractivity contribution < 1.29 is 9.59 Å². The number of fused-ring (bicyclic) bond motifs is 1. The monoisotopic (exact) mass is 451 g/mol.